The van der Waals surface area contributed by atoms with Crippen LogP contribution in [-0.2, 0) is 11.3 Å². The number of hydrogen-bond acceptors (Lipinski definition) is 2. The normalized spacial score (nSPS) is 26.7. The maximum atomic E-state index is 11.6. The molecule has 92 valence electrons. The first-order valence-electron chi connectivity index (χ1n) is 6.61. The van der Waals surface area contributed by atoms with E-state index in [1.165, 1.54) is 32.1 Å². The lowest BCUT2D eigenvalue weighted by Gasteiger charge is -2.24. The Labute approximate surface area is 101 Å². The Hall–Kier alpha value is -1.09. The monoisotopic (exact) mass is 233 g/mol. The van der Waals surface area contributed by atoms with Crippen molar-refractivity contribution in [1.29, 1.82) is 0 Å². The van der Waals surface area contributed by atoms with Crippen molar-refractivity contribution in [3.05, 3.63) is 34.7 Å². The lowest BCUT2D eigenvalue weighted by molar-refractivity contribution is -0.0421. The minimum absolute atomic E-state index is 0.0727. The summed E-state index contributed by atoms with van der Waals surface area (Å²) < 4.78 is 7.97. The third-order valence-electron chi connectivity index (χ3n) is 4.15. The number of ether oxygens (including phenoxy) is 1. The Morgan fingerprint density at radius 2 is 2.12 bits per heavy atom. The van der Waals surface area contributed by atoms with Crippen LogP contribution in [0.3, 0.4) is 0 Å². The molecule has 2 aliphatic rings. The smallest absolute Gasteiger partial charge is 0.250 e. The Balaban J connectivity index is 1.68. The molecule has 2 fully saturated rings. The Morgan fingerprint density at radius 1 is 1.29 bits per heavy atom. The molecule has 1 spiro atoms. The summed E-state index contributed by atoms with van der Waals surface area (Å²) in [7, 11) is 0. The zero-order valence-corrected chi connectivity index (χ0v) is 10.1. The molecule has 1 aliphatic carbocycles. The molecule has 0 radical (unpaired) electrons. The number of aromatic nitrogens is 1. The van der Waals surface area contributed by atoms with Gasteiger partial charge in [0.2, 0.25) is 0 Å². The van der Waals surface area contributed by atoms with Crippen LogP contribution in [0.5, 0.6) is 0 Å². The summed E-state index contributed by atoms with van der Waals surface area (Å²) in [6, 6.07) is 5.30. The summed E-state index contributed by atoms with van der Waals surface area (Å²) in [5.74, 6) is 0. The SMILES string of the molecule is O=c1ccccn1CC1CCC2(CCCC2)O1. The molecule has 0 amide bonds. The number of rotatable bonds is 2. The second kappa shape index (κ2) is 4.30. The second-order valence-electron chi connectivity index (χ2n) is 5.36. The van der Waals surface area contributed by atoms with Crippen LogP contribution in [0.15, 0.2) is 29.2 Å². The molecule has 17 heavy (non-hydrogen) atoms. The van der Waals surface area contributed by atoms with Gasteiger partial charge in [-0.15, -0.1) is 0 Å². The van der Waals surface area contributed by atoms with Crippen molar-refractivity contribution in [2.45, 2.75) is 56.8 Å². The van der Waals surface area contributed by atoms with Crippen molar-refractivity contribution in [1.82, 2.24) is 4.57 Å². The molecule has 0 N–H and O–H groups in total. The molecule has 1 saturated heterocycles. The highest BCUT2D eigenvalue weighted by Gasteiger charge is 2.42. The predicted octanol–water partition coefficient (Wildman–Crippen LogP) is 2.34. The van der Waals surface area contributed by atoms with Gasteiger partial charge < -0.3 is 9.30 Å². The summed E-state index contributed by atoms with van der Waals surface area (Å²) in [5, 5.41) is 0. The maximum absolute atomic E-state index is 11.6. The molecule has 2 heterocycles. The average molecular weight is 233 g/mol. The van der Waals surface area contributed by atoms with Crippen LogP contribution in [-0.4, -0.2) is 16.3 Å². The zero-order valence-electron chi connectivity index (χ0n) is 10.1. The highest BCUT2D eigenvalue weighted by molar-refractivity contribution is 4.96. The molecule has 0 bridgehead atoms. The summed E-state index contributed by atoms with van der Waals surface area (Å²) >= 11 is 0. The van der Waals surface area contributed by atoms with Gasteiger partial charge in [-0.1, -0.05) is 18.9 Å². The van der Waals surface area contributed by atoms with Crippen LogP contribution in [0, 0.1) is 0 Å². The van der Waals surface area contributed by atoms with Gasteiger partial charge in [0.05, 0.1) is 18.2 Å². The fourth-order valence-corrected chi connectivity index (χ4v) is 3.24. The first-order chi connectivity index (χ1) is 8.27. The van der Waals surface area contributed by atoms with Crippen LogP contribution in [0.1, 0.15) is 38.5 Å². The van der Waals surface area contributed by atoms with E-state index in [1.54, 1.807) is 16.7 Å². The lowest BCUT2D eigenvalue weighted by Crippen LogP contribution is -2.29. The highest BCUT2D eigenvalue weighted by atomic mass is 16.5. The molecule has 1 unspecified atom stereocenters. The van der Waals surface area contributed by atoms with Crippen LogP contribution in [0.4, 0.5) is 0 Å². The largest absolute Gasteiger partial charge is 0.370 e. The van der Waals surface area contributed by atoms with Crippen LogP contribution in [0.2, 0.25) is 0 Å². The van der Waals surface area contributed by atoms with E-state index in [0.717, 1.165) is 6.42 Å². The highest BCUT2D eigenvalue weighted by Crippen LogP contribution is 2.43. The van der Waals surface area contributed by atoms with E-state index in [0.29, 0.717) is 6.54 Å². The summed E-state index contributed by atoms with van der Waals surface area (Å²) in [6.45, 7) is 0.710. The van der Waals surface area contributed by atoms with Crippen molar-refractivity contribution >= 4 is 0 Å². The molecule has 3 nitrogen and oxygen atoms in total. The van der Waals surface area contributed by atoms with Gasteiger partial charge in [-0.05, 0) is 31.7 Å². The number of nitrogens with zero attached hydrogens (tertiary/aromatic N) is 1. The second-order valence-corrected chi connectivity index (χ2v) is 5.36. The Morgan fingerprint density at radius 3 is 2.88 bits per heavy atom. The van der Waals surface area contributed by atoms with Gasteiger partial charge in [0.15, 0.2) is 0 Å². The van der Waals surface area contributed by atoms with E-state index in [-0.39, 0.29) is 17.3 Å². The first kappa shape index (κ1) is 11.0. The Bertz CT molecular complexity index is 446. The first-order valence-corrected chi connectivity index (χ1v) is 6.61. The molecule has 1 aromatic heterocycles. The average Bonchev–Trinajstić information content (AvgIpc) is 2.94. The molecular weight excluding hydrogens is 214 g/mol. The molecule has 1 atom stereocenters. The van der Waals surface area contributed by atoms with Crippen molar-refractivity contribution < 1.29 is 4.74 Å². The van der Waals surface area contributed by atoms with Crippen molar-refractivity contribution in [2.24, 2.45) is 0 Å². The molecule has 3 rings (SSSR count). The summed E-state index contributed by atoms with van der Waals surface area (Å²) in [6.07, 6.45) is 9.40. The fraction of sp³-hybridized carbons (Fsp3) is 0.643. The van der Waals surface area contributed by atoms with E-state index in [2.05, 4.69) is 0 Å². The van der Waals surface area contributed by atoms with E-state index in [1.807, 2.05) is 12.3 Å². The lowest BCUT2D eigenvalue weighted by atomic mass is 9.98. The molecule has 3 heteroatoms. The summed E-state index contributed by atoms with van der Waals surface area (Å²) in [5.41, 5.74) is 0.242. The number of pyridine rings is 1. The van der Waals surface area contributed by atoms with Gasteiger partial charge in [-0.25, -0.2) is 0 Å². The van der Waals surface area contributed by atoms with Gasteiger partial charge in [0.1, 0.15) is 0 Å². The quantitative estimate of drug-likeness (QED) is 0.785. The molecule has 1 aliphatic heterocycles. The third kappa shape index (κ3) is 2.16. The molecule has 1 saturated carbocycles. The summed E-state index contributed by atoms with van der Waals surface area (Å²) in [4.78, 5) is 11.6. The van der Waals surface area contributed by atoms with Gasteiger partial charge in [-0.3, -0.25) is 4.79 Å². The minimum Gasteiger partial charge on any atom is -0.370 e. The van der Waals surface area contributed by atoms with E-state index in [4.69, 9.17) is 4.74 Å². The standard InChI is InChI=1S/C14H19NO2/c16-13-5-1-4-10-15(13)11-12-6-9-14(17-12)7-2-3-8-14/h1,4-5,10,12H,2-3,6-9,11H2. The third-order valence-corrected chi connectivity index (χ3v) is 4.15. The number of hydrogen-bond donors (Lipinski definition) is 0. The molecule has 0 aromatic carbocycles. The van der Waals surface area contributed by atoms with Crippen LogP contribution >= 0.6 is 0 Å². The van der Waals surface area contributed by atoms with E-state index >= 15 is 0 Å². The molecular formula is C14H19NO2. The minimum atomic E-state index is 0.0727. The van der Waals surface area contributed by atoms with Gasteiger partial charge in [0, 0.05) is 12.3 Å². The Kier molecular flexibility index (Phi) is 2.79. The predicted molar refractivity (Wildman–Crippen MR) is 66.0 cm³/mol. The van der Waals surface area contributed by atoms with E-state index in [9.17, 15) is 4.79 Å². The van der Waals surface area contributed by atoms with Gasteiger partial charge in [-0.2, -0.15) is 0 Å². The van der Waals surface area contributed by atoms with Gasteiger partial charge >= 0.3 is 0 Å². The fourth-order valence-electron chi connectivity index (χ4n) is 3.24. The van der Waals surface area contributed by atoms with Crippen LogP contribution in [0.25, 0.3) is 0 Å². The zero-order chi connectivity index (χ0) is 11.7. The van der Waals surface area contributed by atoms with Gasteiger partial charge in [0.25, 0.3) is 5.56 Å². The van der Waals surface area contributed by atoms with E-state index < -0.39 is 0 Å². The molecule has 1 aromatic rings. The van der Waals surface area contributed by atoms with Crippen molar-refractivity contribution in [2.75, 3.05) is 0 Å². The maximum Gasteiger partial charge on any atom is 0.250 e. The topological polar surface area (TPSA) is 31.2 Å². The van der Waals surface area contributed by atoms with Crippen molar-refractivity contribution in [3.8, 4) is 0 Å². The van der Waals surface area contributed by atoms with Crippen LogP contribution < -0.4 is 5.56 Å². The van der Waals surface area contributed by atoms with Crippen molar-refractivity contribution in [3.63, 3.8) is 0 Å².